The van der Waals surface area contributed by atoms with Crippen LogP contribution >= 0.6 is 11.6 Å². The summed E-state index contributed by atoms with van der Waals surface area (Å²) in [6, 6.07) is 6.28. The molecule has 0 radical (unpaired) electrons. The molecule has 0 fully saturated rings. The van der Waals surface area contributed by atoms with Crippen LogP contribution in [0, 0.1) is 0 Å². The van der Waals surface area contributed by atoms with Crippen LogP contribution in [0.25, 0.3) is 0 Å². The number of aliphatic hydroxyl groups is 1. The fourth-order valence-corrected chi connectivity index (χ4v) is 0.883. The van der Waals surface area contributed by atoms with Crippen molar-refractivity contribution in [3.63, 3.8) is 0 Å². The number of hydrogen-bond donors (Lipinski definition) is 1. The molecule has 0 aliphatic heterocycles. The molecule has 1 aromatic carbocycles. The van der Waals surface area contributed by atoms with Gasteiger partial charge >= 0.3 is 6.16 Å². The first-order valence-corrected chi connectivity index (χ1v) is 4.31. The molecule has 0 heterocycles. The van der Waals surface area contributed by atoms with Crippen LogP contribution < -0.4 is 4.74 Å². The summed E-state index contributed by atoms with van der Waals surface area (Å²) in [5.41, 5.74) is 0. The van der Waals surface area contributed by atoms with Gasteiger partial charge in [-0.1, -0.05) is 11.6 Å². The van der Waals surface area contributed by atoms with E-state index in [0.717, 1.165) is 0 Å². The van der Waals surface area contributed by atoms with E-state index in [1.165, 1.54) is 0 Å². The molecule has 0 aliphatic rings. The number of benzene rings is 1. The summed E-state index contributed by atoms with van der Waals surface area (Å²) >= 11 is 5.63. The van der Waals surface area contributed by atoms with Gasteiger partial charge in [-0.15, -0.1) is 0 Å². The van der Waals surface area contributed by atoms with E-state index in [0.29, 0.717) is 10.8 Å². The molecule has 1 rings (SSSR count). The summed E-state index contributed by atoms with van der Waals surface area (Å²) in [5, 5.41) is 8.92. The summed E-state index contributed by atoms with van der Waals surface area (Å²) in [7, 11) is 0. The van der Waals surface area contributed by atoms with Gasteiger partial charge in [0.1, 0.15) is 12.4 Å². The van der Waals surface area contributed by atoms with Gasteiger partial charge in [-0.2, -0.15) is 0 Å². The first-order chi connectivity index (χ1) is 6.72. The zero-order valence-corrected chi connectivity index (χ0v) is 8.03. The summed E-state index contributed by atoms with van der Waals surface area (Å²) in [5.74, 6) is 0.345. The van der Waals surface area contributed by atoms with Gasteiger partial charge in [0.25, 0.3) is 0 Å². The van der Waals surface area contributed by atoms with E-state index in [1.807, 2.05) is 0 Å². The van der Waals surface area contributed by atoms with E-state index in [9.17, 15) is 4.79 Å². The minimum atomic E-state index is -0.846. The van der Waals surface area contributed by atoms with E-state index >= 15 is 0 Å². The first-order valence-electron chi connectivity index (χ1n) is 3.93. The normalized spacial score (nSPS) is 9.57. The Morgan fingerprint density at radius 2 is 2.00 bits per heavy atom. The third-order valence-corrected chi connectivity index (χ3v) is 1.58. The first kappa shape index (κ1) is 10.8. The minimum Gasteiger partial charge on any atom is -0.432 e. The van der Waals surface area contributed by atoms with E-state index in [-0.39, 0.29) is 13.2 Å². The topological polar surface area (TPSA) is 55.8 Å². The highest BCUT2D eigenvalue weighted by molar-refractivity contribution is 6.30. The monoisotopic (exact) mass is 216 g/mol. The van der Waals surface area contributed by atoms with E-state index < -0.39 is 6.16 Å². The summed E-state index contributed by atoms with van der Waals surface area (Å²) in [6.45, 7) is -0.303. The molecule has 0 saturated carbocycles. The predicted molar refractivity (Wildman–Crippen MR) is 50.5 cm³/mol. The number of carbonyl (C=O) groups is 1. The fourth-order valence-electron chi connectivity index (χ4n) is 0.757. The molecular weight excluding hydrogens is 208 g/mol. The van der Waals surface area contributed by atoms with Crippen molar-refractivity contribution in [2.75, 3.05) is 13.2 Å². The molecule has 0 unspecified atom stereocenters. The number of carbonyl (C=O) groups excluding carboxylic acids is 1. The van der Waals surface area contributed by atoms with Crippen molar-refractivity contribution in [2.45, 2.75) is 0 Å². The van der Waals surface area contributed by atoms with E-state index in [1.54, 1.807) is 24.3 Å². The maximum absolute atomic E-state index is 10.9. The van der Waals surface area contributed by atoms with Crippen LogP contribution in [-0.4, -0.2) is 24.5 Å². The Balaban J connectivity index is 2.44. The highest BCUT2D eigenvalue weighted by Gasteiger charge is 2.04. The molecule has 1 N–H and O–H groups in total. The highest BCUT2D eigenvalue weighted by atomic mass is 35.5. The van der Waals surface area contributed by atoms with Crippen molar-refractivity contribution < 1.29 is 19.4 Å². The van der Waals surface area contributed by atoms with Crippen LogP contribution in [0.15, 0.2) is 24.3 Å². The number of halogens is 1. The Labute approximate surface area is 86.0 Å². The van der Waals surface area contributed by atoms with Crippen molar-refractivity contribution in [2.24, 2.45) is 0 Å². The zero-order chi connectivity index (χ0) is 10.4. The molecule has 0 amide bonds. The summed E-state index contributed by atoms with van der Waals surface area (Å²) < 4.78 is 9.22. The van der Waals surface area contributed by atoms with Crippen LogP contribution in [-0.2, 0) is 4.74 Å². The lowest BCUT2D eigenvalue weighted by Crippen LogP contribution is -2.12. The smallest absolute Gasteiger partial charge is 0.432 e. The molecule has 0 bridgehead atoms. The number of rotatable bonds is 3. The molecule has 1 aromatic rings. The number of aliphatic hydroxyl groups excluding tert-OH is 1. The van der Waals surface area contributed by atoms with Gasteiger partial charge in [-0.25, -0.2) is 4.79 Å². The van der Waals surface area contributed by atoms with Gasteiger partial charge in [-0.05, 0) is 24.3 Å². The van der Waals surface area contributed by atoms with Crippen LogP contribution in [0.1, 0.15) is 0 Å². The summed E-state index contributed by atoms with van der Waals surface area (Å²) in [6.07, 6.45) is -0.846. The minimum absolute atomic E-state index is 0.0770. The summed E-state index contributed by atoms with van der Waals surface area (Å²) in [4.78, 5) is 10.9. The van der Waals surface area contributed by atoms with Gasteiger partial charge in [0.15, 0.2) is 0 Å². The molecule has 76 valence electrons. The Hall–Kier alpha value is -1.26. The van der Waals surface area contributed by atoms with Crippen molar-refractivity contribution in [1.29, 1.82) is 0 Å². The van der Waals surface area contributed by atoms with Gasteiger partial charge in [0.05, 0.1) is 6.61 Å². The fraction of sp³-hybridized carbons (Fsp3) is 0.222. The van der Waals surface area contributed by atoms with Crippen molar-refractivity contribution >= 4 is 17.8 Å². The predicted octanol–water partition coefficient (Wildman–Crippen LogP) is 1.85. The number of ether oxygens (including phenoxy) is 2. The second-order valence-electron chi connectivity index (χ2n) is 2.38. The maximum Gasteiger partial charge on any atom is 0.513 e. The van der Waals surface area contributed by atoms with Gasteiger partial charge in [-0.3, -0.25) is 0 Å². The second kappa shape index (κ2) is 5.47. The highest BCUT2D eigenvalue weighted by Crippen LogP contribution is 2.15. The SMILES string of the molecule is O=C(OCCO)Oc1ccc(Cl)cc1. The maximum atomic E-state index is 10.9. The molecule has 0 aliphatic carbocycles. The quantitative estimate of drug-likeness (QED) is 0.619. The van der Waals surface area contributed by atoms with E-state index in [4.69, 9.17) is 21.4 Å². The Morgan fingerprint density at radius 1 is 1.36 bits per heavy atom. The Morgan fingerprint density at radius 3 is 2.57 bits per heavy atom. The molecule has 0 saturated heterocycles. The third kappa shape index (κ3) is 3.64. The Bertz CT molecular complexity index is 296. The largest absolute Gasteiger partial charge is 0.513 e. The molecule has 4 nitrogen and oxygen atoms in total. The number of hydrogen-bond acceptors (Lipinski definition) is 4. The molecule has 0 spiro atoms. The lowest BCUT2D eigenvalue weighted by Gasteiger charge is -2.03. The van der Waals surface area contributed by atoms with Crippen LogP contribution in [0.5, 0.6) is 5.75 Å². The van der Waals surface area contributed by atoms with Crippen molar-refractivity contribution in [1.82, 2.24) is 0 Å². The van der Waals surface area contributed by atoms with Gasteiger partial charge in [0.2, 0.25) is 0 Å². The van der Waals surface area contributed by atoms with Crippen molar-refractivity contribution in [3.8, 4) is 5.75 Å². The van der Waals surface area contributed by atoms with Gasteiger partial charge in [0, 0.05) is 5.02 Å². The average Bonchev–Trinajstić information content (AvgIpc) is 2.18. The molecule has 0 atom stereocenters. The van der Waals surface area contributed by atoms with E-state index in [2.05, 4.69) is 4.74 Å². The Kier molecular flexibility index (Phi) is 4.22. The third-order valence-electron chi connectivity index (χ3n) is 1.33. The zero-order valence-electron chi connectivity index (χ0n) is 7.27. The molecule has 5 heteroatoms. The average molecular weight is 217 g/mol. The van der Waals surface area contributed by atoms with Gasteiger partial charge < -0.3 is 14.6 Å². The molecule has 14 heavy (non-hydrogen) atoms. The van der Waals surface area contributed by atoms with Crippen LogP contribution in [0.4, 0.5) is 4.79 Å². The van der Waals surface area contributed by atoms with Crippen LogP contribution in [0.2, 0.25) is 5.02 Å². The molecule has 0 aromatic heterocycles. The van der Waals surface area contributed by atoms with Crippen LogP contribution in [0.3, 0.4) is 0 Å². The lowest BCUT2D eigenvalue weighted by molar-refractivity contribution is 0.0807. The standard InChI is InChI=1S/C9H9ClO4/c10-7-1-3-8(4-2-7)14-9(12)13-6-5-11/h1-4,11H,5-6H2. The second-order valence-corrected chi connectivity index (χ2v) is 2.81. The lowest BCUT2D eigenvalue weighted by atomic mass is 10.3. The molecular formula is C9H9ClO4. The van der Waals surface area contributed by atoms with Crippen molar-refractivity contribution in [3.05, 3.63) is 29.3 Å².